The third-order valence-electron chi connectivity index (χ3n) is 12.9. The molecule has 404 valence electrons. The molecule has 70 heavy (non-hydrogen) atoms. The molecule has 0 spiro atoms. The first-order valence-electron chi connectivity index (χ1n) is 29.0. The highest BCUT2D eigenvalue weighted by molar-refractivity contribution is 5.72. The number of hydrogen-bond donors (Lipinski definition) is 1. The largest absolute Gasteiger partial charge is 0.477 e. The minimum absolute atomic E-state index is 0.0524. The van der Waals surface area contributed by atoms with Gasteiger partial charge in [-0.1, -0.05) is 228 Å². The third kappa shape index (κ3) is 49.7. The number of quaternary nitrogens is 1. The van der Waals surface area contributed by atoms with Gasteiger partial charge in [-0.2, -0.15) is 0 Å². The maximum atomic E-state index is 12.9. The highest BCUT2D eigenvalue weighted by atomic mass is 16.6. The molecule has 2 atom stereocenters. The molecule has 0 aliphatic carbocycles. The van der Waals surface area contributed by atoms with Crippen LogP contribution in [0.1, 0.15) is 251 Å². The van der Waals surface area contributed by atoms with Crippen molar-refractivity contribution in [3.63, 3.8) is 0 Å². The molecule has 8 heteroatoms. The van der Waals surface area contributed by atoms with Crippen LogP contribution in [0.15, 0.2) is 72.9 Å². The number of allylic oxidation sites excluding steroid dienone is 12. The number of ether oxygens (including phenoxy) is 3. The molecule has 1 N–H and O–H groups in total. The quantitative estimate of drug-likeness (QED) is 0.0280. The number of carbonyl (C=O) groups is 3. The minimum atomic E-state index is -0.874. The summed E-state index contributed by atoms with van der Waals surface area (Å²) in [6.07, 6.45) is 68.2. The van der Waals surface area contributed by atoms with Gasteiger partial charge in [-0.25, -0.2) is 4.79 Å². The third-order valence-corrected chi connectivity index (χ3v) is 12.9. The Morgan fingerprint density at radius 2 is 0.757 bits per heavy atom. The lowest BCUT2D eigenvalue weighted by Gasteiger charge is -2.31. The smallest absolute Gasteiger partial charge is 0.362 e. The number of unbranched alkanes of at least 4 members (excludes halogenated alkanes) is 26. The lowest BCUT2D eigenvalue weighted by atomic mass is 10.0. The maximum absolute atomic E-state index is 12.9. The molecule has 0 radical (unpaired) electrons. The predicted molar refractivity (Wildman–Crippen MR) is 298 cm³/mol. The summed E-state index contributed by atoms with van der Waals surface area (Å²) in [5.74, 6) is -1.46. The molecule has 8 nitrogen and oxygen atoms in total. The first-order valence-corrected chi connectivity index (χ1v) is 29.0. The number of rotatable bonds is 52. The van der Waals surface area contributed by atoms with E-state index in [1.807, 2.05) is 21.1 Å². The zero-order valence-electron chi connectivity index (χ0n) is 46.2. The van der Waals surface area contributed by atoms with Gasteiger partial charge in [0.25, 0.3) is 0 Å². The van der Waals surface area contributed by atoms with Crippen LogP contribution in [0.2, 0.25) is 0 Å². The molecule has 0 aliphatic heterocycles. The van der Waals surface area contributed by atoms with Crippen molar-refractivity contribution in [2.24, 2.45) is 0 Å². The highest BCUT2D eigenvalue weighted by Crippen LogP contribution is 2.17. The predicted octanol–water partition coefficient (Wildman–Crippen LogP) is 17.4. The fraction of sp³-hybridized carbons (Fsp3) is 0.758. The van der Waals surface area contributed by atoms with Crippen molar-refractivity contribution >= 4 is 17.9 Å². The first-order chi connectivity index (χ1) is 34.1. The second kappa shape index (κ2) is 52.1. The molecule has 0 aromatic carbocycles. The summed E-state index contributed by atoms with van der Waals surface area (Å²) >= 11 is 0. The summed E-state index contributed by atoms with van der Waals surface area (Å²) in [6, 6.07) is -0.618. The SMILES string of the molecule is CC/C=C/C/C=C/C/C=C/CCCCCCCCCCCCCCCC(=O)OCC(COCCC(C(=O)O)[N+](C)(C)C)OC(=O)CCCCCCCCCCCCCCC/C=C/C/C=C/C/C=C/CC. The monoisotopic (exact) mass is 981 g/mol. The van der Waals surface area contributed by atoms with Crippen molar-refractivity contribution < 1.29 is 38.2 Å². The van der Waals surface area contributed by atoms with E-state index < -0.39 is 18.1 Å². The summed E-state index contributed by atoms with van der Waals surface area (Å²) in [5, 5.41) is 9.68. The Balaban J connectivity index is 4.14. The number of carboxylic acids is 1. The van der Waals surface area contributed by atoms with Gasteiger partial charge in [0.2, 0.25) is 0 Å². The number of aliphatic carboxylic acids is 1. The van der Waals surface area contributed by atoms with Crippen molar-refractivity contribution in [3.05, 3.63) is 72.9 Å². The molecule has 0 saturated heterocycles. The van der Waals surface area contributed by atoms with E-state index in [1.54, 1.807) is 0 Å². The van der Waals surface area contributed by atoms with Crippen molar-refractivity contribution in [1.29, 1.82) is 0 Å². The van der Waals surface area contributed by atoms with Crippen LogP contribution in [0, 0.1) is 0 Å². The second-order valence-electron chi connectivity index (χ2n) is 20.5. The van der Waals surface area contributed by atoms with Crippen LogP contribution in [-0.2, 0) is 28.6 Å². The van der Waals surface area contributed by atoms with Crippen LogP contribution in [0.4, 0.5) is 0 Å². The maximum Gasteiger partial charge on any atom is 0.362 e. The Morgan fingerprint density at radius 1 is 0.429 bits per heavy atom. The summed E-state index contributed by atoms with van der Waals surface area (Å²) in [5.41, 5.74) is 0. The fourth-order valence-electron chi connectivity index (χ4n) is 8.48. The zero-order chi connectivity index (χ0) is 51.3. The summed E-state index contributed by atoms with van der Waals surface area (Å²) in [6.45, 7) is 4.55. The van der Waals surface area contributed by atoms with Gasteiger partial charge in [-0.05, 0) is 77.0 Å². The Kier molecular flexibility index (Phi) is 49.7. The summed E-state index contributed by atoms with van der Waals surface area (Å²) < 4.78 is 17.4. The number of carboxylic acid groups (broad SMARTS) is 1. The van der Waals surface area contributed by atoms with Gasteiger partial charge in [0, 0.05) is 19.3 Å². The lowest BCUT2D eigenvalue weighted by molar-refractivity contribution is -0.887. The van der Waals surface area contributed by atoms with E-state index in [0.29, 0.717) is 19.3 Å². The molecule has 0 aromatic heterocycles. The molecule has 0 amide bonds. The van der Waals surface area contributed by atoms with Crippen LogP contribution in [0.3, 0.4) is 0 Å². The Bertz CT molecular complexity index is 1370. The van der Waals surface area contributed by atoms with Crippen molar-refractivity contribution in [2.75, 3.05) is 41.0 Å². The molecule has 0 heterocycles. The molecule has 0 bridgehead atoms. The van der Waals surface area contributed by atoms with E-state index in [2.05, 4.69) is 86.8 Å². The van der Waals surface area contributed by atoms with E-state index in [-0.39, 0.29) is 36.2 Å². The van der Waals surface area contributed by atoms with Gasteiger partial charge >= 0.3 is 17.9 Å². The molecule has 0 fully saturated rings. The van der Waals surface area contributed by atoms with Crippen LogP contribution >= 0.6 is 0 Å². The van der Waals surface area contributed by atoms with Gasteiger partial charge < -0.3 is 23.8 Å². The number of hydrogen-bond acceptors (Lipinski definition) is 6. The Labute approximate surface area is 431 Å². The van der Waals surface area contributed by atoms with E-state index in [1.165, 1.54) is 141 Å². The van der Waals surface area contributed by atoms with E-state index in [4.69, 9.17) is 14.2 Å². The summed E-state index contributed by atoms with van der Waals surface area (Å²) in [7, 11) is 5.55. The van der Waals surface area contributed by atoms with Crippen LogP contribution in [0.25, 0.3) is 0 Å². The van der Waals surface area contributed by atoms with Crippen LogP contribution in [0.5, 0.6) is 0 Å². The van der Waals surface area contributed by atoms with Crippen LogP contribution < -0.4 is 0 Å². The number of likely N-dealkylation sites (N-methyl/N-ethyl adjacent to an activating group) is 1. The number of nitrogens with zero attached hydrogens (tertiary/aromatic N) is 1. The standard InChI is InChI=1S/C62H109NO7/c1-6-8-10-12-14-16-18-20-22-24-26-28-30-32-34-36-38-40-42-44-46-48-50-52-60(64)69-57-58(56-68-55-54-59(62(66)67)63(3,4)5)70-61(65)53-51-49-47-45-43-41-39-37-35-33-31-29-27-25-23-21-19-17-15-13-11-9-7-2/h8-11,14-17,20-23,58-59H,6-7,12-13,18-19,24-57H2,1-5H3/p+1/b10-8+,11-9+,16-14+,17-15+,22-20+,23-21+. The molecule has 0 rings (SSSR count). The van der Waals surface area contributed by atoms with Crippen molar-refractivity contribution in [3.8, 4) is 0 Å². The molecule has 0 aliphatic rings. The van der Waals surface area contributed by atoms with Gasteiger partial charge in [-0.3, -0.25) is 9.59 Å². The fourth-order valence-corrected chi connectivity index (χ4v) is 8.48. The minimum Gasteiger partial charge on any atom is -0.477 e. The van der Waals surface area contributed by atoms with Crippen LogP contribution in [-0.4, -0.2) is 80.6 Å². The molecular weight excluding hydrogens is 871 g/mol. The van der Waals surface area contributed by atoms with Crippen molar-refractivity contribution in [2.45, 2.75) is 264 Å². The highest BCUT2D eigenvalue weighted by Gasteiger charge is 2.31. The van der Waals surface area contributed by atoms with Crippen molar-refractivity contribution in [1.82, 2.24) is 0 Å². The number of carbonyl (C=O) groups excluding carboxylic acids is 2. The van der Waals surface area contributed by atoms with Gasteiger partial charge in [-0.15, -0.1) is 0 Å². The average molecular weight is 982 g/mol. The number of esters is 2. The molecule has 0 saturated carbocycles. The first kappa shape index (κ1) is 66.8. The van der Waals surface area contributed by atoms with E-state index in [9.17, 15) is 19.5 Å². The van der Waals surface area contributed by atoms with Gasteiger partial charge in [0.05, 0.1) is 34.4 Å². The molecule has 2 unspecified atom stereocenters. The molecule has 0 aromatic rings. The Hall–Kier alpha value is -3.23. The average Bonchev–Trinajstić information content (AvgIpc) is 3.33. The molecular formula is C62H110NO7+. The zero-order valence-corrected chi connectivity index (χ0v) is 46.2. The normalized spacial score (nSPS) is 13.3. The van der Waals surface area contributed by atoms with Gasteiger partial charge in [0.1, 0.15) is 6.61 Å². The van der Waals surface area contributed by atoms with E-state index >= 15 is 0 Å². The second-order valence-corrected chi connectivity index (χ2v) is 20.5. The van der Waals surface area contributed by atoms with E-state index in [0.717, 1.165) is 77.0 Å². The Morgan fingerprint density at radius 3 is 1.11 bits per heavy atom. The summed E-state index contributed by atoms with van der Waals surface area (Å²) in [4.78, 5) is 37.3. The topological polar surface area (TPSA) is 99.1 Å². The van der Waals surface area contributed by atoms with Gasteiger partial charge in [0.15, 0.2) is 12.1 Å². The lowest BCUT2D eigenvalue weighted by Crippen LogP contribution is -2.50.